The van der Waals surface area contributed by atoms with Crippen molar-refractivity contribution in [1.82, 2.24) is 4.90 Å². The molecule has 0 aromatic heterocycles. The van der Waals surface area contributed by atoms with Gasteiger partial charge in [0.1, 0.15) is 5.75 Å². The summed E-state index contributed by atoms with van der Waals surface area (Å²) in [5.74, 6) is 3.69. The Morgan fingerprint density at radius 3 is 2.60 bits per heavy atom. The monoisotopic (exact) mass is 423 g/mol. The van der Waals surface area contributed by atoms with E-state index in [1.807, 2.05) is 17.8 Å². The van der Waals surface area contributed by atoms with Crippen LogP contribution < -0.4 is 4.74 Å². The van der Waals surface area contributed by atoms with Crippen LogP contribution in [0.25, 0.3) is 0 Å². The van der Waals surface area contributed by atoms with Gasteiger partial charge in [-0.1, -0.05) is 43.2 Å². The maximum atomic E-state index is 12.9. The molecule has 0 atom stereocenters. The molecule has 2 aliphatic rings. The molecule has 0 unspecified atom stereocenters. The topological polar surface area (TPSA) is 29.5 Å². The van der Waals surface area contributed by atoms with E-state index in [-0.39, 0.29) is 0 Å². The van der Waals surface area contributed by atoms with Crippen LogP contribution in [0.5, 0.6) is 5.75 Å². The van der Waals surface area contributed by atoms with Gasteiger partial charge in [-0.05, 0) is 66.8 Å². The van der Waals surface area contributed by atoms with Gasteiger partial charge in [0.2, 0.25) is 5.91 Å². The fourth-order valence-corrected chi connectivity index (χ4v) is 5.87. The summed E-state index contributed by atoms with van der Waals surface area (Å²) >= 11 is 1.85. The molecular weight excluding hydrogens is 390 g/mol. The molecular formula is C26H33NO2S. The Bertz CT molecular complexity index is 830. The number of rotatable bonds is 6. The van der Waals surface area contributed by atoms with Crippen molar-refractivity contribution in [2.24, 2.45) is 11.8 Å². The summed E-state index contributed by atoms with van der Waals surface area (Å²) in [7, 11) is 1.70. The first-order valence-corrected chi connectivity index (χ1v) is 12.3. The second kappa shape index (κ2) is 10.4. The van der Waals surface area contributed by atoms with Crippen LogP contribution in [0.4, 0.5) is 0 Å². The average Bonchev–Trinajstić information content (AvgIpc) is 3.01. The van der Waals surface area contributed by atoms with Gasteiger partial charge in [-0.15, -0.1) is 11.8 Å². The Morgan fingerprint density at radius 2 is 1.83 bits per heavy atom. The Hall–Kier alpha value is -1.94. The molecule has 30 heavy (non-hydrogen) atoms. The number of carbonyl (C=O) groups excluding carboxylic acids is 1. The normalized spacial score (nSPS) is 21.6. The van der Waals surface area contributed by atoms with Gasteiger partial charge >= 0.3 is 0 Å². The first-order chi connectivity index (χ1) is 14.7. The third-order valence-electron chi connectivity index (χ3n) is 6.70. The van der Waals surface area contributed by atoms with Crippen molar-refractivity contribution in [3.63, 3.8) is 0 Å². The third kappa shape index (κ3) is 5.60. The van der Waals surface area contributed by atoms with Crippen LogP contribution in [0.3, 0.4) is 0 Å². The highest BCUT2D eigenvalue weighted by Crippen LogP contribution is 2.34. The van der Waals surface area contributed by atoms with Gasteiger partial charge in [0.15, 0.2) is 0 Å². The molecule has 0 radical (unpaired) electrons. The summed E-state index contributed by atoms with van der Waals surface area (Å²) in [5.41, 5.74) is 2.68. The molecule has 0 N–H and O–H groups in total. The number of hydrogen-bond donors (Lipinski definition) is 0. The molecule has 1 heterocycles. The van der Waals surface area contributed by atoms with Gasteiger partial charge in [-0.25, -0.2) is 0 Å². The summed E-state index contributed by atoms with van der Waals surface area (Å²) in [4.78, 5) is 16.3. The SMILES string of the molecule is COc1ccc2c(c1)CN(C(=O)CCC1CCC(Cc3ccccc3)CC1)CCS2. The minimum Gasteiger partial charge on any atom is -0.497 e. The Kier molecular flexibility index (Phi) is 7.37. The van der Waals surface area contributed by atoms with Crippen molar-refractivity contribution in [3.05, 3.63) is 59.7 Å². The summed E-state index contributed by atoms with van der Waals surface area (Å²) < 4.78 is 5.38. The minimum absolute atomic E-state index is 0.317. The first-order valence-electron chi connectivity index (χ1n) is 11.3. The molecule has 1 amide bonds. The van der Waals surface area contributed by atoms with Crippen molar-refractivity contribution in [2.45, 2.75) is 56.4 Å². The van der Waals surface area contributed by atoms with E-state index in [0.717, 1.165) is 36.3 Å². The van der Waals surface area contributed by atoms with Crippen molar-refractivity contribution >= 4 is 17.7 Å². The summed E-state index contributed by atoms with van der Waals surface area (Å²) in [6, 6.07) is 17.1. The smallest absolute Gasteiger partial charge is 0.222 e. The third-order valence-corrected chi connectivity index (χ3v) is 7.80. The van der Waals surface area contributed by atoms with Crippen molar-refractivity contribution in [1.29, 1.82) is 0 Å². The molecule has 0 spiro atoms. The number of carbonyl (C=O) groups is 1. The lowest BCUT2D eigenvalue weighted by Crippen LogP contribution is -2.32. The van der Waals surface area contributed by atoms with Gasteiger partial charge in [-0.2, -0.15) is 0 Å². The van der Waals surface area contributed by atoms with E-state index in [2.05, 4.69) is 47.4 Å². The molecule has 0 bridgehead atoms. The van der Waals surface area contributed by atoms with Crippen LogP contribution in [-0.2, 0) is 17.8 Å². The molecule has 4 rings (SSSR count). The van der Waals surface area contributed by atoms with Crippen LogP contribution in [0.2, 0.25) is 0 Å². The summed E-state index contributed by atoms with van der Waals surface area (Å²) in [6.45, 7) is 1.55. The Morgan fingerprint density at radius 1 is 1.07 bits per heavy atom. The zero-order chi connectivity index (χ0) is 20.8. The predicted octanol–water partition coefficient (Wildman–Crippen LogP) is 5.96. The lowest BCUT2D eigenvalue weighted by atomic mass is 9.77. The van der Waals surface area contributed by atoms with Crippen molar-refractivity contribution in [3.8, 4) is 5.75 Å². The first kappa shape index (κ1) is 21.3. The minimum atomic E-state index is 0.317. The molecule has 2 aromatic carbocycles. The molecule has 1 aliphatic heterocycles. The fraction of sp³-hybridized carbons (Fsp3) is 0.500. The highest BCUT2D eigenvalue weighted by atomic mass is 32.2. The number of ether oxygens (including phenoxy) is 1. The van der Waals surface area contributed by atoms with Gasteiger partial charge < -0.3 is 9.64 Å². The summed E-state index contributed by atoms with van der Waals surface area (Å²) in [5, 5.41) is 0. The van der Waals surface area contributed by atoms with E-state index in [1.165, 1.54) is 48.1 Å². The molecule has 160 valence electrons. The fourth-order valence-electron chi connectivity index (χ4n) is 4.87. The van der Waals surface area contributed by atoms with Gasteiger partial charge in [0.25, 0.3) is 0 Å². The lowest BCUT2D eigenvalue weighted by Gasteiger charge is -2.29. The maximum absolute atomic E-state index is 12.9. The molecule has 0 saturated heterocycles. The summed E-state index contributed by atoms with van der Waals surface area (Å²) in [6.07, 6.45) is 8.12. The van der Waals surface area contributed by atoms with Crippen LogP contribution in [0.15, 0.2) is 53.4 Å². The number of nitrogens with zero attached hydrogens (tertiary/aromatic N) is 1. The molecule has 1 aliphatic carbocycles. The van der Waals surface area contributed by atoms with E-state index in [4.69, 9.17) is 4.74 Å². The van der Waals surface area contributed by atoms with Gasteiger partial charge in [0, 0.05) is 30.2 Å². The largest absolute Gasteiger partial charge is 0.497 e. The molecule has 3 nitrogen and oxygen atoms in total. The molecule has 4 heteroatoms. The molecule has 1 saturated carbocycles. The zero-order valence-corrected chi connectivity index (χ0v) is 18.8. The number of methoxy groups -OCH3 is 1. The van der Waals surface area contributed by atoms with Crippen LogP contribution in [0.1, 0.15) is 49.7 Å². The highest BCUT2D eigenvalue weighted by molar-refractivity contribution is 7.99. The predicted molar refractivity (Wildman–Crippen MR) is 124 cm³/mol. The van der Waals surface area contributed by atoms with Crippen LogP contribution >= 0.6 is 11.8 Å². The van der Waals surface area contributed by atoms with Crippen molar-refractivity contribution < 1.29 is 9.53 Å². The highest BCUT2D eigenvalue weighted by Gasteiger charge is 2.24. The zero-order valence-electron chi connectivity index (χ0n) is 18.0. The van der Waals surface area contributed by atoms with Gasteiger partial charge in [0.05, 0.1) is 7.11 Å². The number of amides is 1. The molecule has 2 aromatic rings. The average molecular weight is 424 g/mol. The number of benzene rings is 2. The lowest BCUT2D eigenvalue weighted by molar-refractivity contribution is -0.131. The standard InChI is InChI=1S/C26H33NO2S/c1-29-24-12-13-25-23(18-24)19-27(15-16-30-25)26(28)14-11-20-7-9-22(10-8-20)17-21-5-3-2-4-6-21/h2-6,12-13,18,20,22H,7-11,14-17,19H2,1H3. The number of thioether (sulfide) groups is 1. The number of fused-ring (bicyclic) bond motifs is 1. The van der Waals surface area contributed by atoms with Crippen molar-refractivity contribution in [2.75, 3.05) is 19.4 Å². The quantitative estimate of drug-likeness (QED) is 0.574. The van der Waals surface area contributed by atoms with E-state index in [0.29, 0.717) is 18.9 Å². The van der Waals surface area contributed by atoms with E-state index in [1.54, 1.807) is 7.11 Å². The van der Waals surface area contributed by atoms with E-state index >= 15 is 0 Å². The van der Waals surface area contributed by atoms with Crippen LogP contribution in [0, 0.1) is 11.8 Å². The second-order valence-corrected chi connectivity index (χ2v) is 9.89. The maximum Gasteiger partial charge on any atom is 0.222 e. The Labute approximate surface area is 185 Å². The Balaban J connectivity index is 1.24. The molecule has 1 fully saturated rings. The second-order valence-electron chi connectivity index (χ2n) is 8.75. The van der Waals surface area contributed by atoms with Gasteiger partial charge in [-0.3, -0.25) is 4.79 Å². The van der Waals surface area contributed by atoms with Crippen LogP contribution in [-0.4, -0.2) is 30.2 Å². The number of hydrogen-bond acceptors (Lipinski definition) is 3. The van der Waals surface area contributed by atoms with E-state index in [9.17, 15) is 4.79 Å². The van der Waals surface area contributed by atoms with E-state index < -0.39 is 0 Å².